The van der Waals surface area contributed by atoms with Crippen molar-refractivity contribution in [3.05, 3.63) is 22.7 Å². The van der Waals surface area contributed by atoms with Crippen molar-refractivity contribution in [1.82, 2.24) is 9.55 Å². The van der Waals surface area contributed by atoms with Crippen LogP contribution in [0, 0.1) is 0 Å². The molecule has 1 aliphatic rings. The summed E-state index contributed by atoms with van der Waals surface area (Å²) in [5.41, 5.74) is 4.42. The van der Waals surface area contributed by atoms with E-state index < -0.39 is 54.8 Å². The highest BCUT2D eigenvalue weighted by Gasteiger charge is 2.69. The van der Waals surface area contributed by atoms with Gasteiger partial charge in [-0.3, -0.25) is 9.36 Å². The summed E-state index contributed by atoms with van der Waals surface area (Å²) in [6.45, 7) is -2.55. The first-order chi connectivity index (χ1) is 10.8. The third-order valence-corrected chi connectivity index (χ3v) is 3.94. The second-order valence-electron chi connectivity index (χ2n) is 5.12. The molecule has 2 rings (SSSR count). The highest BCUT2D eigenvalue weighted by Crippen LogP contribution is 2.43. The number of nitrogens with two attached hydrogens (primary N) is 2. The zero-order valence-electron chi connectivity index (χ0n) is 12.0. The summed E-state index contributed by atoms with van der Waals surface area (Å²) in [6, 6.07) is 1.17. The molecule has 1 aliphatic heterocycles. The van der Waals surface area contributed by atoms with E-state index in [4.69, 9.17) is 16.2 Å². The predicted molar refractivity (Wildman–Crippen MR) is 74.9 cm³/mol. The van der Waals surface area contributed by atoms with Crippen LogP contribution in [0.4, 0.5) is 5.82 Å². The lowest BCUT2D eigenvalue weighted by molar-refractivity contribution is -0.215. The van der Waals surface area contributed by atoms with Gasteiger partial charge in [-0.2, -0.15) is 4.98 Å². The number of hydrogen-bond acceptors (Lipinski definition) is 10. The fraction of sp³-hybridized carbons (Fsp3) is 0.583. The molecule has 1 aromatic heterocycles. The van der Waals surface area contributed by atoms with E-state index in [0.717, 1.165) is 6.20 Å². The molecule has 0 saturated carbocycles. The second kappa shape index (κ2) is 5.96. The summed E-state index contributed by atoms with van der Waals surface area (Å²) in [5, 5.41) is 40.0. The van der Waals surface area contributed by atoms with Crippen molar-refractivity contribution in [2.45, 2.75) is 23.5 Å². The number of Topliss-reactive ketones (excluding diaryl/α,β-unsaturated/α-hetero) is 1. The topological polar surface area (TPSA) is 194 Å². The normalized spacial score (nSPS) is 33.8. The molecule has 0 unspecified atom stereocenters. The van der Waals surface area contributed by atoms with Crippen LogP contribution in [-0.2, 0) is 15.3 Å². The first kappa shape index (κ1) is 17.5. The van der Waals surface area contributed by atoms with Gasteiger partial charge in [-0.15, -0.1) is 0 Å². The maximum absolute atomic E-state index is 12.2. The molecule has 11 heteroatoms. The van der Waals surface area contributed by atoms with E-state index in [2.05, 4.69) is 4.98 Å². The Balaban J connectivity index is 2.75. The van der Waals surface area contributed by atoms with E-state index >= 15 is 0 Å². The summed E-state index contributed by atoms with van der Waals surface area (Å²) in [5.74, 6) is -1.22. The lowest BCUT2D eigenvalue weighted by atomic mass is 9.81. The smallest absolute Gasteiger partial charge is 0.352 e. The van der Waals surface area contributed by atoms with Gasteiger partial charge in [0.2, 0.25) is 11.3 Å². The lowest BCUT2D eigenvalue weighted by Gasteiger charge is -2.39. The molecule has 4 atom stereocenters. The molecule has 2 heterocycles. The Bertz CT molecular complexity index is 665. The maximum atomic E-state index is 12.2. The van der Waals surface area contributed by atoms with Crippen LogP contribution in [0.15, 0.2) is 17.1 Å². The Morgan fingerprint density at radius 1 is 1.48 bits per heavy atom. The van der Waals surface area contributed by atoms with Gasteiger partial charge in [-0.25, -0.2) is 4.79 Å². The van der Waals surface area contributed by atoms with Crippen LogP contribution < -0.4 is 17.2 Å². The number of ketones is 1. The summed E-state index contributed by atoms with van der Waals surface area (Å²) in [7, 11) is 0. The monoisotopic (exact) mass is 330 g/mol. The average Bonchev–Trinajstić information content (AvgIpc) is 2.76. The second-order valence-corrected chi connectivity index (χ2v) is 5.12. The van der Waals surface area contributed by atoms with Gasteiger partial charge in [0.25, 0.3) is 0 Å². The number of aliphatic hydroxyl groups is 4. The van der Waals surface area contributed by atoms with E-state index in [1.165, 1.54) is 6.07 Å². The van der Waals surface area contributed by atoms with Gasteiger partial charge in [-0.05, 0) is 6.07 Å². The minimum atomic E-state index is -2.77. The first-order valence-electron chi connectivity index (χ1n) is 6.67. The van der Waals surface area contributed by atoms with Crippen molar-refractivity contribution in [3.8, 4) is 0 Å². The SMILES string of the molecule is NCC(=O)[C@@]1(O)[C@H](O)[C@@H](CO)O[C@@]1(CO)n1ccc(N)nc1=O. The van der Waals surface area contributed by atoms with Gasteiger partial charge >= 0.3 is 5.69 Å². The average molecular weight is 330 g/mol. The molecule has 0 aliphatic carbocycles. The minimum Gasteiger partial charge on any atom is -0.394 e. The number of aromatic nitrogens is 2. The zero-order chi connectivity index (χ0) is 17.4. The number of nitrogens with zero attached hydrogens (tertiary/aromatic N) is 2. The van der Waals surface area contributed by atoms with E-state index in [1.807, 2.05) is 0 Å². The van der Waals surface area contributed by atoms with Crippen LogP contribution in [0.3, 0.4) is 0 Å². The minimum absolute atomic E-state index is 0.134. The molecule has 1 fully saturated rings. The van der Waals surface area contributed by atoms with Gasteiger partial charge in [0, 0.05) is 6.20 Å². The largest absolute Gasteiger partial charge is 0.394 e. The molecule has 11 nitrogen and oxygen atoms in total. The number of rotatable bonds is 5. The Labute approximate surface area is 129 Å². The molecular formula is C12H18N4O7. The van der Waals surface area contributed by atoms with Crippen LogP contribution >= 0.6 is 0 Å². The highest BCUT2D eigenvalue weighted by molar-refractivity contribution is 5.91. The molecular weight excluding hydrogens is 312 g/mol. The zero-order valence-corrected chi connectivity index (χ0v) is 12.0. The summed E-state index contributed by atoms with van der Waals surface area (Å²) in [6.07, 6.45) is -2.32. The summed E-state index contributed by atoms with van der Waals surface area (Å²) >= 11 is 0. The quantitative estimate of drug-likeness (QED) is 0.306. The predicted octanol–water partition coefficient (Wildman–Crippen LogP) is -4.52. The van der Waals surface area contributed by atoms with Crippen LogP contribution in [0.25, 0.3) is 0 Å². The Morgan fingerprint density at radius 3 is 2.61 bits per heavy atom. The summed E-state index contributed by atoms with van der Waals surface area (Å²) in [4.78, 5) is 27.7. The molecule has 128 valence electrons. The summed E-state index contributed by atoms with van der Waals surface area (Å²) < 4.78 is 5.95. The molecule has 1 aromatic rings. The van der Waals surface area contributed by atoms with Crippen LogP contribution in [0.5, 0.6) is 0 Å². The van der Waals surface area contributed by atoms with Crippen molar-refractivity contribution < 1.29 is 30.0 Å². The Kier molecular flexibility index (Phi) is 4.52. The van der Waals surface area contributed by atoms with E-state index in [-0.39, 0.29) is 5.82 Å². The van der Waals surface area contributed by atoms with E-state index in [1.54, 1.807) is 0 Å². The van der Waals surface area contributed by atoms with Crippen molar-refractivity contribution in [1.29, 1.82) is 0 Å². The van der Waals surface area contributed by atoms with Crippen molar-refractivity contribution in [3.63, 3.8) is 0 Å². The number of anilines is 1. The molecule has 0 spiro atoms. The van der Waals surface area contributed by atoms with Gasteiger partial charge in [0.05, 0.1) is 19.8 Å². The molecule has 0 bridgehead atoms. The van der Waals surface area contributed by atoms with Gasteiger partial charge in [0.1, 0.15) is 18.0 Å². The third-order valence-electron chi connectivity index (χ3n) is 3.94. The number of ether oxygens (including phenoxy) is 1. The molecule has 8 N–H and O–H groups in total. The van der Waals surface area contributed by atoms with Gasteiger partial charge in [-0.1, -0.05) is 0 Å². The standard InChI is InChI=1S/C12H18N4O7/c13-3-7(19)12(22)9(20)6(4-17)23-11(12,5-18)16-2-1-8(14)15-10(16)21/h1-2,6,9,17-18,20,22H,3-5,13H2,(H2,14,15,21)/t6-,9-,11-,12-/m1/s1. The highest BCUT2D eigenvalue weighted by atomic mass is 16.6. The first-order valence-corrected chi connectivity index (χ1v) is 6.67. The van der Waals surface area contributed by atoms with Crippen molar-refractivity contribution in [2.75, 3.05) is 25.5 Å². The van der Waals surface area contributed by atoms with E-state index in [0.29, 0.717) is 4.57 Å². The lowest BCUT2D eigenvalue weighted by Crippen LogP contribution is -2.67. The van der Waals surface area contributed by atoms with E-state index in [9.17, 15) is 30.0 Å². The molecule has 0 radical (unpaired) electrons. The maximum Gasteiger partial charge on any atom is 0.352 e. The van der Waals surface area contributed by atoms with Gasteiger partial charge < -0.3 is 36.6 Å². The van der Waals surface area contributed by atoms with Crippen molar-refractivity contribution >= 4 is 11.6 Å². The van der Waals surface area contributed by atoms with Crippen LogP contribution in [-0.4, -0.2) is 73.3 Å². The number of hydrogen-bond donors (Lipinski definition) is 6. The van der Waals surface area contributed by atoms with Crippen LogP contribution in [0.1, 0.15) is 0 Å². The van der Waals surface area contributed by atoms with Crippen molar-refractivity contribution in [2.24, 2.45) is 5.73 Å². The van der Waals surface area contributed by atoms with Crippen LogP contribution in [0.2, 0.25) is 0 Å². The fourth-order valence-electron chi connectivity index (χ4n) is 2.75. The third kappa shape index (κ3) is 2.25. The molecule has 1 saturated heterocycles. The Morgan fingerprint density at radius 2 is 2.13 bits per heavy atom. The number of nitrogen functional groups attached to an aromatic ring is 1. The number of carbonyl (C=O) groups excluding carboxylic acids is 1. The number of carbonyl (C=O) groups is 1. The number of aliphatic hydroxyl groups excluding tert-OH is 3. The molecule has 0 aromatic carbocycles. The Hall–Kier alpha value is -1.89. The molecule has 23 heavy (non-hydrogen) atoms. The fourth-order valence-corrected chi connectivity index (χ4v) is 2.75. The van der Waals surface area contributed by atoms with Gasteiger partial charge in [0.15, 0.2) is 5.78 Å². The molecule has 0 amide bonds.